The van der Waals surface area contributed by atoms with Gasteiger partial charge in [0.2, 0.25) is 0 Å². The van der Waals surface area contributed by atoms with Gasteiger partial charge in [-0.15, -0.1) is 0 Å². The number of aliphatic hydroxyl groups is 1. The van der Waals surface area contributed by atoms with Gasteiger partial charge in [-0.2, -0.15) is 0 Å². The van der Waals surface area contributed by atoms with Crippen molar-refractivity contribution in [2.75, 3.05) is 70.5 Å². The van der Waals surface area contributed by atoms with Crippen LogP contribution in [0.15, 0.2) is 48.6 Å². The van der Waals surface area contributed by atoms with E-state index in [0.29, 0.717) is 37.7 Å². The van der Waals surface area contributed by atoms with Crippen LogP contribution in [0.1, 0.15) is 87.7 Å². The summed E-state index contributed by atoms with van der Waals surface area (Å²) in [7, 11) is -1.58. The number of anilines is 1. The lowest BCUT2D eigenvalue weighted by Gasteiger charge is -2.51. The van der Waals surface area contributed by atoms with Crippen molar-refractivity contribution in [3.8, 4) is 5.75 Å². The fourth-order valence-corrected chi connectivity index (χ4v) is 10.1. The maximum atomic E-state index is 13.5. The SMILES string of the molecule is CC.CCCc1cc(Cl)ccc1C1COc2ccc3cc2N(C1)CC1CCC1C(O)(CN1CCN2CCOCC2C1)/C=C/CC(C)C(C)S(=O)NC3=O. The van der Waals surface area contributed by atoms with Gasteiger partial charge in [0.25, 0.3) is 5.91 Å². The van der Waals surface area contributed by atoms with Crippen LogP contribution in [-0.4, -0.2) is 108 Å². The number of nitrogens with zero attached hydrogens (tertiary/aromatic N) is 3. The first kappa shape index (κ1) is 40.2. The molecule has 7 rings (SSSR count). The zero-order valence-electron chi connectivity index (χ0n) is 32.4. The van der Waals surface area contributed by atoms with Gasteiger partial charge in [0.15, 0.2) is 0 Å². The molecule has 1 aliphatic carbocycles. The van der Waals surface area contributed by atoms with Crippen molar-refractivity contribution >= 4 is 34.2 Å². The molecule has 1 amide bonds. The molecule has 2 bridgehead atoms. The van der Waals surface area contributed by atoms with Crippen LogP contribution in [0.25, 0.3) is 0 Å². The van der Waals surface area contributed by atoms with Gasteiger partial charge in [-0.25, -0.2) is 4.21 Å². The van der Waals surface area contributed by atoms with E-state index in [4.69, 9.17) is 21.1 Å². The Morgan fingerprint density at radius 3 is 2.64 bits per heavy atom. The summed E-state index contributed by atoms with van der Waals surface area (Å²) in [5.74, 6) is 0.843. The topological polar surface area (TPSA) is 94.6 Å². The maximum Gasteiger partial charge on any atom is 0.263 e. The Morgan fingerprint density at radius 1 is 1.04 bits per heavy atom. The van der Waals surface area contributed by atoms with Crippen LogP contribution < -0.4 is 14.4 Å². The van der Waals surface area contributed by atoms with E-state index in [1.54, 1.807) is 6.07 Å². The van der Waals surface area contributed by atoms with E-state index in [0.717, 1.165) is 88.1 Å². The fourth-order valence-electron chi connectivity index (χ4n) is 8.92. The summed E-state index contributed by atoms with van der Waals surface area (Å²) < 4.78 is 28.6. The maximum absolute atomic E-state index is 13.5. The van der Waals surface area contributed by atoms with Gasteiger partial charge in [0, 0.05) is 68.4 Å². The number of halogens is 1. The molecule has 0 radical (unpaired) electrons. The van der Waals surface area contributed by atoms with E-state index in [9.17, 15) is 14.1 Å². The molecular formula is C42H61ClN4O5S. The first-order valence-electron chi connectivity index (χ1n) is 20.1. The smallest absolute Gasteiger partial charge is 0.263 e. The molecular weight excluding hydrogens is 708 g/mol. The number of amides is 1. The van der Waals surface area contributed by atoms with Gasteiger partial charge >= 0.3 is 0 Å². The van der Waals surface area contributed by atoms with Crippen molar-refractivity contribution in [1.29, 1.82) is 0 Å². The molecule has 11 heteroatoms. The average Bonchev–Trinajstić information content (AvgIpc) is 3.32. The standard InChI is InChI=1S/C40H55ClN4O5S.C2H6/c1-4-6-29-19-33(41)10-11-35(29)32-22-45-21-31-8-12-36(31)40(47,26-43-15-16-44-17-18-49-25-34(44)23-43)14-5-7-27(2)28(3)51(48)42-39(46)30-9-13-38(50-24-32)37(45)20-30;1-2/h5,9-11,13-14,19-20,27-28,31-32,34,36,47H,4,6-8,12,15-18,21-26H2,1-3H3,(H,42,46);1-2H3/b14-5+;. The molecule has 292 valence electrons. The number of ether oxygens (including phenoxy) is 2. The summed E-state index contributed by atoms with van der Waals surface area (Å²) in [5.41, 5.74) is 2.81. The number of benzene rings is 2. The van der Waals surface area contributed by atoms with Gasteiger partial charge < -0.3 is 19.5 Å². The third-order valence-electron chi connectivity index (χ3n) is 12.3. The average molecular weight is 769 g/mol. The van der Waals surface area contributed by atoms with Crippen molar-refractivity contribution in [2.45, 2.75) is 89.5 Å². The van der Waals surface area contributed by atoms with Crippen molar-refractivity contribution in [3.63, 3.8) is 0 Å². The van der Waals surface area contributed by atoms with Crippen LogP contribution in [0.4, 0.5) is 5.69 Å². The van der Waals surface area contributed by atoms with Crippen molar-refractivity contribution in [3.05, 3.63) is 70.3 Å². The molecule has 2 aromatic rings. The normalized spacial score (nSPS) is 33.1. The van der Waals surface area contributed by atoms with Gasteiger partial charge in [0.05, 0.1) is 36.4 Å². The molecule has 2 saturated heterocycles. The molecule has 0 aromatic heterocycles. The van der Waals surface area contributed by atoms with Crippen LogP contribution in [0, 0.1) is 17.8 Å². The number of piperazine rings is 1. The number of nitrogens with one attached hydrogen (secondary N) is 1. The summed E-state index contributed by atoms with van der Waals surface area (Å²) >= 11 is 6.48. The highest BCUT2D eigenvalue weighted by Crippen LogP contribution is 2.46. The predicted molar refractivity (Wildman–Crippen MR) is 215 cm³/mol. The Bertz CT molecular complexity index is 1630. The summed E-state index contributed by atoms with van der Waals surface area (Å²) in [6.45, 7) is 18.0. The second-order valence-corrected chi connectivity index (χ2v) is 17.7. The third kappa shape index (κ3) is 9.16. The first-order valence-corrected chi connectivity index (χ1v) is 21.7. The number of hydrogen-bond acceptors (Lipinski definition) is 8. The monoisotopic (exact) mass is 768 g/mol. The van der Waals surface area contributed by atoms with E-state index >= 15 is 0 Å². The second-order valence-electron chi connectivity index (χ2n) is 15.7. The van der Waals surface area contributed by atoms with E-state index in [2.05, 4.69) is 57.6 Å². The number of carbonyl (C=O) groups is 1. The van der Waals surface area contributed by atoms with Gasteiger partial charge in [0.1, 0.15) is 16.7 Å². The summed E-state index contributed by atoms with van der Waals surface area (Å²) in [6, 6.07) is 12.1. The number of morpholine rings is 1. The Labute approximate surface area is 325 Å². The van der Waals surface area contributed by atoms with Crippen LogP contribution in [0.2, 0.25) is 5.02 Å². The quantitative estimate of drug-likeness (QED) is 0.336. The highest BCUT2D eigenvalue weighted by Gasteiger charge is 2.48. The molecule has 8 atom stereocenters. The zero-order chi connectivity index (χ0) is 37.7. The number of allylic oxidation sites excluding steroid dienone is 1. The number of fused-ring (bicyclic) bond motifs is 3. The minimum atomic E-state index is -1.58. The van der Waals surface area contributed by atoms with Crippen LogP contribution >= 0.6 is 11.6 Å². The molecule has 53 heavy (non-hydrogen) atoms. The largest absolute Gasteiger partial charge is 0.491 e. The number of rotatable bonds is 5. The molecule has 2 N–H and O–H groups in total. The van der Waals surface area contributed by atoms with Crippen molar-refractivity contribution in [2.24, 2.45) is 17.8 Å². The number of hydrogen-bond donors (Lipinski definition) is 2. The summed E-state index contributed by atoms with van der Waals surface area (Å²) in [5, 5.41) is 13.3. The van der Waals surface area contributed by atoms with Gasteiger partial charge in [-0.3, -0.25) is 19.3 Å². The molecule has 1 saturated carbocycles. The molecule has 5 aliphatic rings. The van der Waals surface area contributed by atoms with E-state index in [1.165, 1.54) is 11.1 Å². The Morgan fingerprint density at radius 2 is 1.87 bits per heavy atom. The molecule has 4 aliphatic heterocycles. The van der Waals surface area contributed by atoms with Crippen LogP contribution in [0.5, 0.6) is 5.75 Å². The Hall–Kier alpha value is -2.47. The predicted octanol–water partition coefficient (Wildman–Crippen LogP) is 6.45. The molecule has 8 unspecified atom stereocenters. The number of aryl methyl sites for hydroxylation is 1. The molecule has 3 fully saturated rings. The minimum absolute atomic E-state index is 0.0398. The Balaban J connectivity index is 0.00000236. The van der Waals surface area contributed by atoms with Crippen molar-refractivity contribution in [1.82, 2.24) is 14.5 Å². The second kappa shape index (κ2) is 18.0. The van der Waals surface area contributed by atoms with E-state index < -0.39 is 16.6 Å². The van der Waals surface area contributed by atoms with Crippen LogP contribution in [-0.2, 0) is 22.1 Å². The lowest BCUT2D eigenvalue weighted by atomic mass is 9.64. The lowest BCUT2D eigenvalue weighted by molar-refractivity contribution is -0.0902. The third-order valence-corrected chi connectivity index (χ3v) is 14.0. The Kier molecular flexibility index (Phi) is 13.6. The van der Waals surface area contributed by atoms with Crippen molar-refractivity contribution < 1.29 is 23.6 Å². The zero-order valence-corrected chi connectivity index (χ0v) is 34.0. The fraction of sp³-hybridized carbons (Fsp3) is 0.643. The lowest BCUT2D eigenvalue weighted by Crippen LogP contribution is -2.62. The number of β-amino-alcohol motifs (C(OH)–C–C–N with tert-alkyl or cyclic N) is 1. The first-order chi connectivity index (χ1) is 25.6. The molecule has 4 heterocycles. The number of carbonyl (C=O) groups excluding carboxylic acids is 1. The highest BCUT2D eigenvalue weighted by atomic mass is 35.5. The molecule has 0 spiro atoms. The molecule has 2 aromatic carbocycles. The van der Waals surface area contributed by atoms with E-state index in [1.807, 2.05) is 39.0 Å². The minimum Gasteiger partial charge on any atom is -0.491 e. The highest BCUT2D eigenvalue weighted by molar-refractivity contribution is 7.84. The summed E-state index contributed by atoms with van der Waals surface area (Å²) in [6.07, 6.45) is 8.76. The van der Waals surface area contributed by atoms with Gasteiger partial charge in [-0.1, -0.05) is 63.9 Å². The summed E-state index contributed by atoms with van der Waals surface area (Å²) in [4.78, 5) is 20.9. The molecule has 9 nitrogen and oxygen atoms in total. The van der Waals surface area contributed by atoms with Gasteiger partial charge in [-0.05, 0) is 91.8 Å². The van der Waals surface area contributed by atoms with E-state index in [-0.39, 0.29) is 34.8 Å². The van der Waals surface area contributed by atoms with Crippen LogP contribution in [0.3, 0.4) is 0 Å².